The van der Waals surface area contributed by atoms with E-state index in [0.717, 1.165) is 6.26 Å². The maximum absolute atomic E-state index is 13.8. The fourth-order valence-corrected chi connectivity index (χ4v) is 8.77. The maximum Gasteiger partial charge on any atom is 0.309 e. The van der Waals surface area contributed by atoms with Gasteiger partial charge in [-0.15, -0.1) is 0 Å². The van der Waals surface area contributed by atoms with Gasteiger partial charge in [0, 0.05) is 43.4 Å². The molecule has 2 fully saturated rings. The zero-order valence-corrected chi connectivity index (χ0v) is 29.6. The molecule has 48 heavy (non-hydrogen) atoms. The summed E-state index contributed by atoms with van der Waals surface area (Å²) in [4.78, 5) is 25.8. The predicted octanol–water partition coefficient (Wildman–Crippen LogP) is 3.53. The third-order valence-electron chi connectivity index (χ3n) is 8.93. The number of carbonyl (C=O) groups is 1. The number of aryl methyl sites for hydroxylation is 1. The van der Waals surface area contributed by atoms with Gasteiger partial charge >= 0.3 is 5.97 Å². The highest BCUT2D eigenvalue weighted by molar-refractivity contribution is 7.90. The maximum atomic E-state index is 13.8. The number of aliphatic hydroxyl groups excluding tert-OH is 1. The molecule has 2 aliphatic rings. The minimum absolute atomic E-state index is 0.0465. The number of aliphatic hydroxyl groups is 1. The van der Waals surface area contributed by atoms with E-state index >= 15 is 0 Å². The van der Waals surface area contributed by atoms with Gasteiger partial charge in [-0.3, -0.25) is 9.59 Å². The van der Waals surface area contributed by atoms with E-state index in [1.165, 1.54) is 28.7 Å². The van der Waals surface area contributed by atoms with Crippen molar-refractivity contribution in [2.24, 2.45) is 5.92 Å². The molecule has 2 aliphatic heterocycles. The first kappa shape index (κ1) is 36.0. The second-order valence-electron chi connectivity index (χ2n) is 13.7. The highest BCUT2D eigenvalue weighted by Gasteiger charge is 2.49. The van der Waals surface area contributed by atoms with Gasteiger partial charge in [-0.05, 0) is 77.3 Å². The number of hydrogen-bond acceptors (Lipinski definition) is 10. The van der Waals surface area contributed by atoms with Gasteiger partial charge in [0.15, 0.2) is 9.84 Å². The number of rotatable bonds is 10. The lowest BCUT2D eigenvalue weighted by atomic mass is 9.83. The van der Waals surface area contributed by atoms with E-state index in [2.05, 4.69) is 0 Å². The van der Waals surface area contributed by atoms with Crippen molar-refractivity contribution in [2.75, 3.05) is 26.0 Å². The molecule has 12 nitrogen and oxygen atoms in total. The van der Waals surface area contributed by atoms with Crippen molar-refractivity contribution in [3.63, 3.8) is 0 Å². The summed E-state index contributed by atoms with van der Waals surface area (Å²) in [7, 11) is -7.65. The minimum atomic E-state index is -4.11. The molecule has 3 heterocycles. The lowest BCUT2D eigenvalue weighted by Gasteiger charge is -2.38. The van der Waals surface area contributed by atoms with E-state index in [4.69, 9.17) is 14.2 Å². The van der Waals surface area contributed by atoms with Gasteiger partial charge in [0.2, 0.25) is 15.5 Å². The van der Waals surface area contributed by atoms with Crippen molar-refractivity contribution in [3.8, 4) is 5.75 Å². The summed E-state index contributed by atoms with van der Waals surface area (Å²) in [5.74, 6) is -0.817. The zero-order chi connectivity index (χ0) is 35.1. The van der Waals surface area contributed by atoms with E-state index in [0.29, 0.717) is 36.7 Å². The summed E-state index contributed by atoms with van der Waals surface area (Å²) in [6.07, 6.45) is 0.970. The monoisotopic (exact) mass is 704 g/mol. The van der Waals surface area contributed by atoms with Crippen molar-refractivity contribution in [1.82, 2.24) is 8.87 Å². The van der Waals surface area contributed by atoms with Crippen molar-refractivity contribution >= 4 is 36.7 Å². The molecule has 1 N–H and O–H groups in total. The number of hydrogen-bond donors (Lipinski definition) is 1. The van der Waals surface area contributed by atoms with Crippen LogP contribution in [0.25, 0.3) is 10.9 Å². The molecule has 3 aromatic rings. The molecule has 14 heteroatoms. The molecular formula is C34H44N2O10S2. The molecule has 5 rings (SSSR count). The van der Waals surface area contributed by atoms with Crippen LogP contribution in [0.2, 0.25) is 0 Å². The minimum Gasteiger partial charge on any atom is -0.487 e. The average Bonchev–Trinajstić information content (AvgIpc) is 3.41. The third-order valence-corrected chi connectivity index (χ3v) is 11.9. The van der Waals surface area contributed by atoms with Crippen LogP contribution in [0.3, 0.4) is 0 Å². The fourth-order valence-electron chi connectivity index (χ4n) is 6.57. The van der Waals surface area contributed by atoms with Crippen LogP contribution in [-0.4, -0.2) is 86.1 Å². The van der Waals surface area contributed by atoms with Gasteiger partial charge in [0.25, 0.3) is 0 Å². The Bertz CT molecular complexity index is 1940. The van der Waals surface area contributed by atoms with E-state index in [1.54, 1.807) is 55.7 Å². The topological polar surface area (TPSA) is 159 Å². The second-order valence-corrected chi connectivity index (χ2v) is 17.6. The van der Waals surface area contributed by atoms with Crippen molar-refractivity contribution in [2.45, 2.75) is 93.1 Å². The van der Waals surface area contributed by atoms with Gasteiger partial charge in [0.1, 0.15) is 28.5 Å². The number of ether oxygens (including phenoxy) is 3. The Morgan fingerprint density at radius 1 is 1.08 bits per heavy atom. The highest BCUT2D eigenvalue weighted by atomic mass is 32.2. The van der Waals surface area contributed by atoms with E-state index in [1.807, 2.05) is 6.92 Å². The summed E-state index contributed by atoms with van der Waals surface area (Å²) < 4.78 is 73.1. The number of esters is 1. The summed E-state index contributed by atoms with van der Waals surface area (Å²) in [6.45, 7) is 7.96. The number of pyridine rings is 1. The van der Waals surface area contributed by atoms with E-state index in [9.17, 15) is 31.5 Å². The smallest absolute Gasteiger partial charge is 0.309 e. The van der Waals surface area contributed by atoms with Gasteiger partial charge in [-0.2, -0.15) is 4.31 Å². The highest BCUT2D eigenvalue weighted by Crippen LogP contribution is 2.42. The molecule has 1 unspecified atom stereocenters. The molecule has 1 spiro atoms. The Morgan fingerprint density at radius 2 is 1.77 bits per heavy atom. The normalized spacial score (nSPS) is 20.1. The molecule has 2 aromatic carbocycles. The number of benzene rings is 2. The molecule has 2 saturated heterocycles. The lowest BCUT2D eigenvalue weighted by molar-refractivity contribution is -0.159. The quantitative estimate of drug-likeness (QED) is 0.310. The molecule has 0 bridgehead atoms. The lowest BCUT2D eigenvalue weighted by Crippen LogP contribution is -2.47. The van der Waals surface area contributed by atoms with Crippen LogP contribution >= 0.6 is 0 Å². The number of aromatic nitrogens is 1. The van der Waals surface area contributed by atoms with Crippen LogP contribution < -0.4 is 10.2 Å². The van der Waals surface area contributed by atoms with E-state index < -0.39 is 60.6 Å². The number of nitrogens with zero attached hydrogens (tertiary/aromatic N) is 2. The first-order valence-electron chi connectivity index (χ1n) is 16.1. The summed E-state index contributed by atoms with van der Waals surface area (Å²) in [6, 6.07) is 12.9. The second kappa shape index (κ2) is 13.5. The number of carbonyl (C=O) groups excluding carboxylic acids is 1. The largest absolute Gasteiger partial charge is 0.487 e. The zero-order valence-electron chi connectivity index (χ0n) is 27.9. The Labute approximate surface area is 281 Å². The fraction of sp³-hybridized carbons (Fsp3) is 0.529. The standard InChI is InChI=1S/C34H44N2O10S2/c1-6-35-21-29(31(39)26-12-7-8-13-27(26)35)48(42,43)36-16-14-34(15-17-36)20-23(22-44-34)32(28(37)19-30(38)46-33(2,3)4)45-24-10-9-11-25(18-24)47(5,40)41/h7-13,18,21,23,28,32,37H,6,14-17,19-20,22H2,1-5H3/t23-,28+,32?/m0/s1. The molecule has 0 radical (unpaired) electrons. The van der Waals surface area contributed by atoms with Crippen LogP contribution in [0.4, 0.5) is 0 Å². The molecule has 0 saturated carbocycles. The van der Waals surface area contributed by atoms with Crippen molar-refractivity contribution < 1.29 is 40.9 Å². The number of para-hydroxylation sites is 1. The van der Waals surface area contributed by atoms with Crippen molar-refractivity contribution in [3.05, 3.63) is 65.0 Å². The SMILES string of the molecule is CCn1cc(S(=O)(=O)N2CCC3(CC2)C[C@H](C(Oc2cccc(S(C)(=O)=O)c2)[C@H](O)CC(=O)OC(C)(C)C)CO3)c(=O)c2ccccc21. The molecule has 0 amide bonds. The molecule has 0 aliphatic carbocycles. The molecule has 3 atom stereocenters. The Kier molecular flexibility index (Phi) is 10.2. The molecule has 262 valence electrons. The molecular weight excluding hydrogens is 661 g/mol. The van der Waals surface area contributed by atoms with Crippen LogP contribution in [0, 0.1) is 5.92 Å². The van der Waals surface area contributed by atoms with Gasteiger partial charge < -0.3 is 23.9 Å². The Hall–Kier alpha value is -3.30. The first-order valence-corrected chi connectivity index (χ1v) is 19.4. The van der Waals surface area contributed by atoms with Crippen LogP contribution in [0.5, 0.6) is 5.75 Å². The van der Waals surface area contributed by atoms with Crippen LogP contribution in [-0.2, 0) is 40.7 Å². The average molecular weight is 705 g/mol. The van der Waals surface area contributed by atoms with Gasteiger partial charge in [-0.25, -0.2) is 16.8 Å². The Balaban J connectivity index is 1.35. The van der Waals surface area contributed by atoms with Crippen LogP contribution in [0.15, 0.2) is 69.3 Å². The van der Waals surface area contributed by atoms with Crippen molar-refractivity contribution in [1.29, 1.82) is 0 Å². The van der Waals surface area contributed by atoms with Crippen LogP contribution in [0.1, 0.15) is 53.4 Å². The number of piperidine rings is 1. The first-order chi connectivity index (χ1) is 22.4. The predicted molar refractivity (Wildman–Crippen MR) is 179 cm³/mol. The summed E-state index contributed by atoms with van der Waals surface area (Å²) in [5, 5.41) is 11.7. The van der Waals surface area contributed by atoms with Gasteiger partial charge in [-0.1, -0.05) is 18.2 Å². The number of fused-ring (bicyclic) bond motifs is 1. The number of sulfonamides is 1. The Morgan fingerprint density at radius 3 is 2.42 bits per heavy atom. The summed E-state index contributed by atoms with van der Waals surface area (Å²) in [5.41, 5.74) is -1.35. The summed E-state index contributed by atoms with van der Waals surface area (Å²) >= 11 is 0. The molecule has 1 aromatic heterocycles. The van der Waals surface area contributed by atoms with E-state index in [-0.39, 0.29) is 41.7 Å². The third kappa shape index (κ3) is 7.78. The van der Waals surface area contributed by atoms with Gasteiger partial charge in [0.05, 0.1) is 29.0 Å². The number of sulfone groups is 1.